The van der Waals surface area contributed by atoms with E-state index in [0.717, 1.165) is 148 Å². The fourth-order valence-corrected chi connectivity index (χ4v) is 12.4. The summed E-state index contributed by atoms with van der Waals surface area (Å²) >= 11 is 0. The first kappa shape index (κ1) is 53.6. The predicted molar refractivity (Wildman–Crippen MR) is 300 cm³/mol. The fourth-order valence-electron chi connectivity index (χ4n) is 12.0. The molecule has 4 aliphatic heterocycles. The third-order valence-corrected chi connectivity index (χ3v) is 16.9. The van der Waals surface area contributed by atoms with Crippen molar-refractivity contribution in [1.29, 1.82) is 10.5 Å². The number of nitrogen functional groups attached to an aromatic ring is 1. The highest BCUT2D eigenvalue weighted by Gasteiger charge is 2.29. The number of rotatable bonds is 9. The van der Waals surface area contributed by atoms with E-state index >= 15 is 0 Å². The topological polar surface area (TPSA) is 230 Å². The Morgan fingerprint density at radius 2 is 1.01 bits per heavy atom. The van der Waals surface area contributed by atoms with Gasteiger partial charge in [0, 0.05) is 129 Å². The van der Waals surface area contributed by atoms with E-state index in [1.165, 1.54) is 55.6 Å². The Labute approximate surface area is 452 Å². The van der Waals surface area contributed by atoms with Crippen molar-refractivity contribution in [3.8, 4) is 12.1 Å². The molecule has 404 valence electrons. The summed E-state index contributed by atoms with van der Waals surface area (Å²) in [6.07, 6.45) is 17.6. The fraction of sp³-hybridized carbons (Fsp3) is 0.509. The van der Waals surface area contributed by atoms with E-state index < -0.39 is 10.8 Å². The third-order valence-electron chi connectivity index (χ3n) is 16.2. The molecule has 0 amide bonds. The lowest BCUT2D eigenvalue weighted by atomic mass is 10.0. The number of nitriles is 2. The van der Waals surface area contributed by atoms with E-state index in [-0.39, 0.29) is 39.5 Å². The number of nitrogens with two attached hydrogens (primary N) is 1. The normalized spacial score (nSPS) is 19.7. The quantitative estimate of drug-likeness (QED) is 0.111. The molecule has 3 N–H and O–H groups in total. The first-order valence-electron chi connectivity index (χ1n) is 27.5. The lowest BCUT2D eigenvalue weighted by Crippen LogP contribution is -2.49. The van der Waals surface area contributed by atoms with Gasteiger partial charge in [-0.2, -0.15) is 15.5 Å². The number of ether oxygens (including phenoxy) is 2. The molecule has 6 fully saturated rings. The summed E-state index contributed by atoms with van der Waals surface area (Å²) in [6, 6.07) is 25.3. The lowest BCUT2D eigenvalue weighted by molar-refractivity contribution is 0.0115. The first-order valence-corrected chi connectivity index (χ1v) is 29.0. The van der Waals surface area contributed by atoms with Gasteiger partial charge in [0.1, 0.15) is 34.6 Å². The summed E-state index contributed by atoms with van der Waals surface area (Å²) in [5.74, 6) is 0.447. The Bertz CT molecular complexity index is 3210. The largest absolute Gasteiger partial charge is 0.399 e. The van der Waals surface area contributed by atoms with Gasteiger partial charge >= 0.3 is 0 Å². The average molecular weight is 1060 g/mol. The van der Waals surface area contributed by atoms with Crippen LogP contribution < -0.4 is 32.0 Å². The number of pyridine rings is 2. The summed E-state index contributed by atoms with van der Waals surface area (Å²) in [5.41, 5.74) is 10.7. The third kappa shape index (κ3) is 12.6. The van der Waals surface area contributed by atoms with Crippen molar-refractivity contribution in [2.45, 2.75) is 106 Å². The van der Waals surface area contributed by atoms with Crippen LogP contribution in [0.3, 0.4) is 0 Å². The monoisotopic (exact) mass is 1060 g/mol. The molecule has 1 unspecified atom stereocenters. The molecule has 2 aromatic carbocycles. The number of piperidine rings is 2. The number of aromatic nitrogens is 6. The number of hydrogen-bond acceptors (Lipinski definition) is 17. The van der Waals surface area contributed by atoms with Crippen molar-refractivity contribution in [3.63, 3.8) is 0 Å². The summed E-state index contributed by atoms with van der Waals surface area (Å²) in [7, 11) is -1.31. The van der Waals surface area contributed by atoms with Gasteiger partial charge in [-0.15, -0.1) is 0 Å². The molecule has 1 atom stereocenters. The molecule has 77 heavy (non-hydrogen) atoms. The molecule has 4 saturated heterocycles. The van der Waals surface area contributed by atoms with E-state index in [1.54, 1.807) is 21.4 Å². The number of hydrogen-bond donors (Lipinski definition) is 2. The number of morpholine rings is 2. The Kier molecular flexibility index (Phi) is 17.5. The number of benzene rings is 2. The SMILES string of the molecule is CS(=O)c1ncc2cc(C#N)c(=O)n(C3CCCC3)c2n1.N#Cc1cc2cnc(Nc3ccc(N4CCC(N5CCOCC5)CC4)cc3)nc2n(C2CCCC2)c1=O.Nc1ccc(N2CCC(N3CCOCC3)CC2)cc1. The minimum atomic E-state index is -1.31. The number of nitrogens with one attached hydrogen (secondary N) is 1. The van der Waals surface area contributed by atoms with Gasteiger partial charge in [-0.05, 0) is 112 Å². The van der Waals surface area contributed by atoms with Crippen LogP contribution in [0.1, 0.15) is 100 Å². The Balaban J connectivity index is 0.000000143. The van der Waals surface area contributed by atoms with Crippen LogP contribution >= 0.6 is 0 Å². The zero-order valence-corrected chi connectivity index (χ0v) is 44.9. The molecule has 8 heterocycles. The molecule has 19 nitrogen and oxygen atoms in total. The van der Waals surface area contributed by atoms with Crippen LogP contribution in [0.4, 0.5) is 28.7 Å². The van der Waals surface area contributed by atoms with Gasteiger partial charge in [0.2, 0.25) is 11.1 Å². The van der Waals surface area contributed by atoms with Crippen molar-refractivity contribution in [3.05, 3.63) is 105 Å². The standard InChI is InChI=1S/C28H33N7O2.C15H23N3O.C14H14N4O2S/c29-18-20-17-21-19-30-28(32-26(21)35(27(20)36)25-3-1-2-4-25)31-22-5-7-23(8-6-22)33-11-9-24(10-12-33)34-13-15-37-16-14-34;16-13-1-3-14(4-2-13)17-7-5-15(6-8-17)18-9-11-19-12-10-18;1-21(20)14-16-8-10-6-9(7-15)13(19)18(12(10)17-14)11-4-2-3-5-11/h5-8,17,19,24-25H,1-4,9-16H2,(H,30,31,32);1-4,15H,5-12,16H2;6,8,11H,2-5H2,1H3. The van der Waals surface area contributed by atoms with Crippen LogP contribution in [0.5, 0.6) is 0 Å². The highest BCUT2D eigenvalue weighted by atomic mass is 32.2. The van der Waals surface area contributed by atoms with Crippen LogP contribution in [0.15, 0.2) is 87.8 Å². The van der Waals surface area contributed by atoms with Gasteiger partial charge < -0.3 is 30.3 Å². The molecule has 20 heteroatoms. The van der Waals surface area contributed by atoms with Crippen LogP contribution in [-0.2, 0) is 20.3 Å². The first-order chi connectivity index (χ1) is 37.6. The van der Waals surface area contributed by atoms with E-state index in [4.69, 9.17) is 25.5 Å². The van der Waals surface area contributed by atoms with E-state index in [9.17, 15) is 19.1 Å². The van der Waals surface area contributed by atoms with Crippen LogP contribution in [0.2, 0.25) is 0 Å². The van der Waals surface area contributed by atoms with Crippen LogP contribution in [0, 0.1) is 22.7 Å². The molecule has 0 bridgehead atoms. The van der Waals surface area contributed by atoms with Crippen molar-refractivity contribution in [1.82, 2.24) is 38.9 Å². The second-order valence-corrected chi connectivity index (χ2v) is 22.2. The summed E-state index contributed by atoms with van der Waals surface area (Å²) in [6.45, 7) is 12.2. The second-order valence-electron chi connectivity index (χ2n) is 20.9. The maximum atomic E-state index is 13.0. The smallest absolute Gasteiger partial charge is 0.270 e. The van der Waals surface area contributed by atoms with E-state index in [1.807, 2.05) is 24.3 Å². The molecule has 6 aliphatic rings. The van der Waals surface area contributed by atoms with Crippen molar-refractivity contribution in [2.24, 2.45) is 0 Å². The van der Waals surface area contributed by atoms with Crippen molar-refractivity contribution >= 4 is 61.6 Å². The molecule has 0 spiro atoms. The molecule has 4 aromatic heterocycles. The molecular formula is C57H70N14O5S. The second kappa shape index (κ2) is 25.1. The molecule has 2 aliphatic carbocycles. The highest BCUT2D eigenvalue weighted by Crippen LogP contribution is 2.33. The lowest BCUT2D eigenvalue weighted by Gasteiger charge is -2.40. The van der Waals surface area contributed by atoms with E-state index in [0.29, 0.717) is 34.1 Å². The van der Waals surface area contributed by atoms with Crippen molar-refractivity contribution in [2.75, 3.05) is 106 Å². The summed E-state index contributed by atoms with van der Waals surface area (Å²) in [5, 5.41) is 23.4. The zero-order chi connectivity index (χ0) is 53.3. The van der Waals surface area contributed by atoms with Gasteiger partial charge in [0.25, 0.3) is 11.1 Å². The Morgan fingerprint density at radius 1 is 0.584 bits per heavy atom. The number of anilines is 5. The van der Waals surface area contributed by atoms with Crippen molar-refractivity contribution < 1.29 is 13.7 Å². The average Bonchev–Trinajstić information content (AvgIpc) is 4.26. The van der Waals surface area contributed by atoms with Crippen LogP contribution in [-0.4, -0.2) is 140 Å². The summed E-state index contributed by atoms with van der Waals surface area (Å²) < 4.78 is 25.8. The van der Waals surface area contributed by atoms with Gasteiger partial charge in [-0.1, -0.05) is 25.7 Å². The Morgan fingerprint density at radius 3 is 1.45 bits per heavy atom. The molecule has 6 aromatic rings. The molecule has 0 radical (unpaired) electrons. The molecule has 12 rings (SSSR count). The molecule has 2 saturated carbocycles. The minimum Gasteiger partial charge on any atom is -0.399 e. The molecular weight excluding hydrogens is 993 g/mol. The zero-order valence-electron chi connectivity index (χ0n) is 44.1. The van der Waals surface area contributed by atoms with Gasteiger partial charge in [-0.25, -0.2) is 15.0 Å². The van der Waals surface area contributed by atoms with Gasteiger partial charge in [0.15, 0.2) is 0 Å². The predicted octanol–water partition coefficient (Wildman–Crippen LogP) is 6.91. The van der Waals surface area contributed by atoms with Crippen LogP contribution in [0.25, 0.3) is 22.1 Å². The van der Waals surface area contributed by atoms with Gasteiger partial charge in [-0.3, -0.25) is 32.7 Å². The highest BCUT2D eigenvalue weighted by molar-refractivity contribution is 7.84. The van der Waals surface area contributed by atoms with E-state index in [2.05, 4.69) is 76.3 Å². The maximum Gasteiger partial charge on any atom is 0.270 e. The van der Waals surface area contributed by atoms with Gasteiger partial charge in [0.05, 0.1) is 37.2 Å². The number of fused-ring (bicyclic) bond motifs is 2. The number of nitrogens with zero attached hydrogens (tertiary/aromatic N) is 12. The minimum absolute atomic E-state index is 0.0568. The Hall–Kier alpha value is -6.81. The summed E-state index contributed by atoms with van der Waals surface area (Å²) in [4.78, 5) is 53.2. The maximum absolute atomic E-state index is 13.0.